The van der Waals surface area contributed by atoms with Gasteiger partial charge in [-0.15, -0.1) is 0 Å². The Bertz CT molecular complexity index is 158. The molecule has 0 fully saturated rings. The Balaban J connectivity index is 3.51. The van der Waals surface area contributed by atoms with E-state index < -0.39 is 18.2 Å². The zero-order valence-corrected chi connectivity index (χ0v) is 8.65. The number of unbranched alkanes of at least 4 members (excludes halogenated alkanes) is 3. The molecule has 0 heterocycles. The summed E-state index contributed by atoms with van der Waals surface area (Å²) in [4.78, 5) is 10.2. The monoisotopic (exact) mass is 204 g/mol. The molecule has 2 atom stereocenters. The first-order valence-corrected chi connectivity index (χ1v) is 5.15. The van der Waals surface area contributed by atoms with Crippen LogP contribution in [0.15, 0.2) is 0 Å². The molecule has 0 bridgehead atoms. The first kappa shape index (κ1) is 13.4. The molecule has 0 spiro atoms. The summed E-state index contributed by atoms with van der Waals surface area (Å²) in [5.74, 6) is -1.08. The molecule has 0 radical (unpaired) electrons. The molecule has 0 saturated heterocycles. The van der Waals surface area contributed by atoms with E-state index in [9.17, 15) is 15.0 Å². The second kappa shape index (κ2) is 7.76. The lowest BCUT2D eigenvalue weighted by atomic mass is 10.0. The summed E-state index contributed by atoms with van der Waals surface area (Å²) in [5.41, 5.74) is 0. The minimum atomic E-state index is -1.13. The fourth-order valence-corrected chi connectivity index (χ4v) is 1.29. The largest absolute Gasteiger partial charge is 0.481 e. The van der Waals surface area contributed by atoms with Crippen LogP contribution < -0.4 is 0 Å². The lowest BCUT2D eigenvalue weighted by Gasteiger charge is -2.15. The number of aliphatic hydroxyl groups is 2. The predicted octanol–water partition coefficient (Wildman–Crippen LogP) is 1.15. The van der Waals surface area contributed by atoms with E-state index in [-0.39, 0.29) is 6.42 Å². The topological polar surface area (TPSA) is 77.8 Å². The lowest BCUT2D eigenvalue weighted by molar-refractivity contribution is -0.141. The highest BCUT2D eigenvalue weighted by atomic mass is 16.4. The van der Waals surface area contributed by atoms with Crippen LogP contribution in [0.2, 0.25) is 0 Å². The van der Waals surface area contributed by atoms with E-state index in [1.807, 2.05) is 0 Å². The maximum Gasteiger partial charge on any atom is 0.306 e. The van der Waals surface area contributed by atoms with Crippen molar-refractivity contribution in [1.82, 2.24) is 0 Å². The summed E-state index contributed by atoms with van der Waals surface area (Å²) < 4.78 is 0. The number of carboxylic acid groups (broad SMARTS) is 1. The molecule has 0 aliphatic heterocycles. The van der Waals surface area contributed by atoms with E-state index in [1.54, 1.807) is 0 Å². The molecule has 0 unspecified atom stereocenters. The van der Waals surface area contributed by atoms with Crippen molar-refractivity contribution in [2.75, 3.05) is 0 Å². The summed E-state index contributed by atoms with van der Waals surface area (Å²) in [6.07, 6.45) is 2.16. The molecule has 0 rings (SSSR count). The molecule has 0 aromatic heterocycles. The van der Waals surface area contributed by atoms with E-state index in [0.717, 1.165) is 25.7 Å². The van der Waals surface area contributed by atoms with Gasteiger partial charge in [-0.1, -0.05) is 32.6 Å². The van der Waals surface area contributed by atoms with Crippen LogP contribution in [0.5, 0.6) is 0 Å². The van der Waals surface area contributed by atoms with Crippen molar-refractivity contribution >= 4 is 5.97 Å². The number of rotatable bonds is 8. The van der Waals surface area contributed by atoms with Gasteiger partial charge in [0.1, 0.15) is 0 Å². The first-order chi connectivity index (χ1) is 6.57. The van der Waals surface area contributed by atoms with Crippen LogP contribution in [-0.2, 0) is 4.79 Å². The normalized spacial score (nSPS) is 15.1. The van der Waals surface area contributed by atoms with E-state index in [2.05, 4.69) is 6.92 Å². The highest BCUT2D eigenvalue weighted by molar-refractivity contribution is 5.67. The molecule has 84 valence electrons. The van der Waals surface area contributed by atoms with Crippen LogP contribution in [0.3, 0.4) is 0 Å². The zero-order chi connectivity index (χ0) is 11.0. The maximum atomic E-state index is 10.2. The SMILES string of the molecule is CCCCCC[C@H](O)[C@@H](O)CC(=O)O. The molecule has 14 heavy (non-hydrogen) atoms. The standard InChI is InChI=1S/C10H20O4/c1-2-3-4-5-6-8(11)9(12)7-10(13)14/h8-9,11-12H,2-7H2,1H3,(H,13,14)/t8-,9-/m0/s1. The Morgan fingerprint density at radius 3 is 2.29 bits per heavy atom. The average molecular weight is 204 g/mol. The van der Waals surface area contributed by atoms with Crippen molar-refractivity contribution < 1.29 is 20.1 Å². The molecule has 4 nitrogen and oxygen atoms in total. The highest BCUT2D eigenvalue weighted by Crippen LogP contribution is 2.10. The molecule has 0 aliphatic rings. The summed E-state index contributed by atoms with van der Waals surface area (Å²) >= 11 is 0. The lowest BCUT2D eigenvalue weighted by Crippen LogP contribution is -2.28. The molecule has 3 N–H and O–H groups in total. The third-order valence-electron chi connectivity index (χ3n) is 2.18. The highest BCUT2D eigenvalue weighted by Gasteiger charge is 2.18. The van der Waals surface area contributed by atoms with E-state index >= 15 is 0 Å². The minimum absolute atomic E-state index is 0.380. The third kappa shape index (κ3) is 6.86. The Hall–Kier alpha value is -0.610. The zero-order valence-electron chi connectivity index (χ0n) is 8.65. The Morgan fingerprint density at radius 2 is 1.79 bits per heavy atom. The molecular formula is C10H20O4. The Kier molecular flexibility index (Phi) is 7.42. The van der Waals surface area contributed by atoms with E-state index in [4.69, 9.17) is 5.11 Å². The van der Waals surface area contributed by atoms with Gasteiger partial charge in [-0.2, -0.15) is 0 Å². The predicted molar refractivity (Wildman–Crippen MR) is 53.0 cm³/mol. The Morgan fingerprint density at radius 1 is 1.14 bits per heavy atom. The maximum absolute atomic E-state index is 10.2. The molecule has 0 aliphatic carbocycles. The molecule has 4 heteroatoms. The van der Waals surface area contributed by atoms with Crippen molar-refractivity contribution in [3.05, 3.63) is 0 Å². The van der Waals surface area contributed by atoms with Gasteiger partial charge in [-0.05, 0) is 6.42 Å². The second-order valence-electron chi connectivity index (χ2n) is 3.58. The van der Waals surface area contributed by atoms with Crippen LogP contribution in [0.1, 0.15) is 45.4 Å². The van der Waals surface area contributed by atoms with Crippen LogP contribution in [0.4, 0.5) is 0 Å². The molecule has 0 saturated carbocycles. The van der Waals surface area contributed by atoms with Gasteiger partial charge in [-0.25, -0.2) is 0 Å². The van der Waals surface area contributed by atoms with Gasteiger partial charge >= 0.3 is 5.97 Å². The number of aliphatic hydroxyl groups excluding tert-OH is 2. The minimum Gasteiger partial charge on any atom is -0.481 e. The number of aliphatic carboxylic acids is 1. The van der Waals surface area contributed by atoms with Crippen LogP contribution in [0.25, 0.3) is 0 Å². The van der Waals surface area contributed by atoms with Crippen LogP contribution in [0, 0.1) is 0 Å². The van der Waals surface area contributed by atoms with Gasteiger partial charge in [0.2, 0.25) is 0 Å². The number of hydrogen-bond acceptors (Lipinski definition) is 3. The van der Waals surface area contributed by atoms with Gasteiger partial charge in [0, 0.05) is 0 Å². The van der Waals surface area contributed by atoms with Crippen LogP contribution in [-0.4, -0.2) is 33.5 Å². The van der Waals surface area contributed by atoms with Crippen LogP contribution >= 0.6 is 0 Å². The number of carboxylic acids is 1. The second-order valence-corrected chi connectivity index (χ2v) is 3.58. The Labute approximate surface area is 84.6 Å². The fraction of sp³-hybridized carbons (Fsp3) is 0.900. The summed E-state index contributed by atoms with van der Waals surface area (Å²) in [7, 11) is 0. The van der Waals surface area contributed by atoms with E-state index in [1.165, 1.54) is 0 Å². The van der Waals surface area contributed by atoms with Crippen molar-refractivity contribution in [2.45, 2.75) is 57.7 Å². The van der Waals surface area contributed by atoms with Gasteiger partial charge in [-0.3, -0.25) is 4.79 Å². The molecule has 0 amide bonds. The number of carbonyl (C=O) groups is 1. The smallest absolute Gasteiger partial charge is 0.306 e. The number of hydrogen-bond donors (Lipinski definition) is 3. The van der Waals surface area contributed by atoms with Crippen molar-refractivity contribution in [1.29, 1.82) is 0 Å². The average Bonchev–Trinajstić information content (AvgIpc) is 2.11. The first-order valence-electron chi connectivity index (χ1n) is 5.15. The third-order valence-corrected chi connectivity index (χ3v) is 2.18. The van der Waals surface area contributed by atoms with Gasteiger partial charge in [0.15, 0.2) is 0 Å². The van der Waals surface area contributed by atoms with Crippen molar-refractivity contribution in [2.24, 2.45) is 0 Å². The molecule has 0 aromatic carbocycles. The summed E-state index contributed by atoms with van der Waals surface area (Å²) in [6, 6.07) is 0. The van der Waals surface area contributed by atoms with Gasteiger partial charge < -0.3 is 15.3 Å². The fourth-order valence-electron chi connectivity index (χ4n) is 1.29. The quantitative estimate of drug-likeness (QED) is 0.518. The van der Waals surface area contributed by atoms with Crippen molar-refractivity contribution in [3.8, 4) is 0 Å². The molecular weight excluding hydrogens is 184 g/mol. The molecule has 0 aromatic rings. The summed E-state index contributed by atoms with van der Waals surface area (Å²) in [6.45, 7) is 2.09. The van der Waals surface area contributed by atoms with Gasteiger partial charge in [0.25, 0.3) is 0 Å². The summed E-state index contributed by atoms with van der Waals surface area (Å²) in [5, 5.41) is 26.9. The van der Waals surface area contributed by atoms with Gasteiger partial charge in [0.05, 0.1) is 18.6 Å². The van der Waals surface area contributed by atoms with E-state index in [0.29, 0.717) is 6.42 Å². The van der Waals surface area contributed by atoms with Crippen molar-refractivity contribution in [3.63, 3.8) is 0 Å².